The minimum atomic E-state index is -0.452. The minimum absolute atomic E-state index is 0.158. The maximum Gasteiger partial charge on any atom is 0.266 e. The van der Waals surface area contributed by atoms with Gasteiger partial charge in [0, 0.05) is 12.4 Å². The van der Waals surface area contributed by atoms with Gasteiger partial charge in [0.05, 0.1) is 22.4 Å². The number of nitrogens with one attached hydrogen (secondary N) is 1. The van der Waals surface area contributed by atoms with Gasteiger partial charge in [-0.15, -0.1) is 11.6 Å². The van der Waals surface area contributed by atoms with Crippen LogP contribution < -0.4 is 10.2 Å². The standard InChI is InChI=1S/C23H25ClN2O3/c1-4-14(3)16-9-6-8-15(5-2)20(16)26-22(28)18-11-7-10-17(19(18)23(26)29)21(27)25-13-12-24/h6-11,14H,4-5,12-13H2,1-3H3,(H,25,27). The summed E-state index contributed by atoms with van der Waals surface area (Å²) in [7, 11) is 0. The molecule has 0 spiro atoms. The van der Waals surface area contributed by atoms with Gasteiger partial charge in [-0.1, -0.05) is 45.0 Å². The molecule has 0 saturated heterocycles. The van der Waals surface area contributed by atoms with Crippen LogP contribution in [0.4, 0.5) is 5.69 Å². The van der Waals surface area contributed by atoms with E-state index in [1.807, 2.05) is 25.1 Å². The van der Waals surface area contributed by atoms with Gasteiger partial charge in [-0.3, -0.25) is 14.4 Å². The van der Waals surface area contributed by atoms with Crippen LogP contribution in [0.2, 0.25) is 0 Å². The van der Waals surface area contributed by atoms with Crippen LogP contribution in [0.5, 0.6) is 0 Å². The largest absolute Gasteiger partial charge is 0.351 e. The second-order valence-electron chi connectivity index (χ2n) is 7.14. The lowest BCUT2D eigenvalue weighted by Crippen LogP contribution is -2.32. The van der Waals surface area contributed by atoms with Crippen molar-refractivity contribution in [3.05, 3.63) is 64.2 Å². The van der Waals surface area contributed by atoms with Gasteiger partial charge in [0.25, 0.3) is 17.7 Å². The lowest BCUT2D eigenvalue weighted by atomic mass is 9.92. The van der Waals surface area contributed by atoms with Crippen LogP contribution in [-0.4, -0.2) is 30.1 Å². The molecular weight excluding hydrogens is 388 g/mol. The summed E-state index contributed by atoms with van der Waals surface area (Å²) in [6.45, 7) is 6.45. The Hall–Kier alpha value is -2.66. The first-order valence-corrected chi connectivity index (χ1v) is 10.5. The van der Waals surface area contributed by atoms with Crippen LogP contribution >= 0.6 is 11.6 Å². The summed E-state index contributed by atoms with van der Waals surface area (Å²) < 4.78 is 0. The molecule has 0 bridgehead atoms. The third kappa shape index (κ3) is 3.67. The molecule has 1 unspecified atom stereocenters. The van der Waals surface area contributed by atoms with E-state index >= 15 is 0 Å². The van der Waals surface area contributed by atoms with Crippen LogP contribution in [0.1, 0.15) is 75.3 Å². The Morgan fingerprint density at radius 3 is 2.48 bits per heavy atom. The number of amides is 3. The Morgan fingerprint density at radius 2 is 1.83 bits per heavy atom. The molecule has 152 valence electrons. The van der Waals surface area contributed by atoms with Gasteiger partial charge < -0.3 is 5.32 Å². The van der Waals surface area contributed by atoms with Gasteiger partial charge in [-0.25, -0.2) is 4.90 Å². The van der Waals surface area contributed by atoms with Crippen LogP contribution in [-0.2, 0) is 6.42 Å². The van der Waals surface area contributed by atoms with E-state index in [2.05, 4.69) is 19.2 Å². The zero-order valence-corrected chi connectivity index (χ0v) is 17.7. The number of nitrogens with zero attached hydrogens (tertiary/aromatic N) is 1. The Labute approximate surface area is 176 Å². The van der Waals surface area contributed by atoms with Gasteiger partial charge >= 0.3 is 0 Å². The Kier molecular flexibility index (Phi) is 6.38. The molecule has 1 aliphatic rings. The number of carbonyl (C=O) groups excluding carboxylic acids is 3. The molecule has 1 heterocycles. The summed E-state index contributed by atoms with van der Waals surface area (Å²) in [5, 5.41) is 2.68. The highest BCUT2D eigenvalue weighted by Crippen LogP contribution is 2.38. The molecule has 1 atom stereocenters. The van der Waals surface area contributed by atoms with Gasteiger partial charge in [-0.05, 0) is 42.0 Å². The summed E-state index contributed by atoms with van der Waals surface area (Å²) in [5.41, 5.74) is 3.18. The average Bonchev–Trinajstić information content (AvgIpc) is 3.00. The number of benzene rings is 2. The molecule has 0 fully saturated rings. The van der Waals surface area contributed by atoms with E-state index in [1.165, 1.54) is 4.90 Å². The molecule has 3 amide bonds. The van der Waals surface area contributed by atoms with Crippen LogP contribution in [0.3, 0.4) is 0 Å². The summed E-state index contributed by atoms with van der Waals surface area (Å²) >= 11 is 5.66. The third-order valence-corrected chi connectivity index (χ3v) is 5.63. The molecule has 0 aliphatic carbocycles. The maximum absolute atomic E-state index is 13.4. The molecule has 2 aromatic rings. The van der Waals surface area contributed by atoms with E-state index in [0.717, 1.165) is 17.5 Å². The first-order valence-electron chi connectivity index (χ1n) is 9.93. The topological polar surface area (TPSA) is 66.5 Å². The molecule has 29 heavy (non-hydrogen) atoms. The highest BCUT2D eigenvalue weighted by molar-refractivity contribution is 6.36. The second-order valence-corrected chi connectivity index (χ2v) is 7.51. The molecule has 0 saturated carbocycles. The number of para-hydroxylation sites is 1. The van der Waals surface area contributed by atoms with Crippen LogP contribution in [0.15, 0.2) is 36.4 Å². The number of fused-ring (bicyclic) bond motifs is 1. The number of carbonyl (C=O) groups is 3. The van der Waals surface area contributed by atoms with Gasteiger partial charge in [0.2, 0.25) is 0 Å². The van der Waals surface area contributed by atoms with Crippen molar-refractivity contribution < 1.29 is 14.4 Å². The van der Waals surface area contributed by atoms with Gasteiger partial charge in [0.1, 0.15) is 0 Å². The zero-order valence-electron chi connectivity index (χ0n) is 16.9. The van der Waals surface area contributed by atoms with Crippen molar-refractivity contribution in [3.8, 4) is 0 Å². The van der Waals surface area contributed by atoms with Crippen molar-refractivity contribution in [2.45, 2.75) is 39.5 Å². The highest BCUT2D eigenvalue weighted by atomic mass is 35.5. The van der Waals surface area contributed by atoms with Crippen LogP contribution in [0.25, 0.3) is 0 Å². The molecule has 3 rings (SSSR count). The molecule has 5 nitrogen and oxygen atoms in total. The zero-order chi connectivity index (χ0) is 21.1. The first-order chi connectivity index (χ1) is 14.0. The number of imide groups is 1. The summed E-state index contributed by atoms with van der Waals surface area (Å²) in [6, 6.07) is 10.7. The lowest BCUT2D eigenvalue weighted by Gasteiger charge is -2.24. The summed E-state index contributed by atoms with van der Waals surface area (Å²) in [4.78, 5) is 40.5. The number of hydrogen-bond acceptors (Lipinski definition) is 3. The van der Waals surface area contributed by atoms with Gasteiger partial charge in [-0.2, -0.15) is 0 Å². The van der Waals surface area contributed by atoms with Crippen molar-refractivity contribution >= 4 is 35.0 Å². The number of hydrogen-bond donors (Lipinski definition) is 1. The van der Waals surface area contributed by atoms with Crippen molar-refractivity contribution in [2.24, 2.45) is 0 Å². The molecule has 1 aliphatic heterocycles. The molecule has 1 N–H and O–H groups in total. The molecule has 0 aromatic heterocycles. The Morgan fingerprint density at radius 1 is 1.10 bits per heavy atom. The van der Waals surface area contributed by atoms with Crippen molar-refractivity contribution in [3.63, 3.8) is 0 Å². The van der Waals surface area contributed by atoms with Crippen molar-refractivity contribution in [1.82, 2.24) is 5.32 Å². The molecule has 2 aromatic carbocycles. The molecule has 6 heteroatoms. The fraction of sp³-hybridized carbons (Fsp3) is 0.348. The minimum Gasteiger partial charge on any atom is -0.351 e. The predicted octanol–water partition coefficient (Wildman–Crippen LogP) is 4.53. The fourth-order valence-electron chi connectivity index (χ4n) is 3.72. The average molecular weight is 413 g/mol. The smallest absolute Gasteiger partial charge is 0.266 e. The normalized spacial score (nSPS) is 14.1. The third-order valence-electron chi connectivity index (χ3n) is 5.44. The molecular formula is C23H25ClN2O3. The van der Waals surface area contributed by atoms with E-state index in [9.17, 15) is 14.4 Å². The number of anilines is 1. The lowest BCUT2D eigenvalue weighted by molar-refractivity contribution is 0.0911. The summed E-state index contributed by atoms with van der Waals surface area (Å²) in [6.07, 6.45) is 1.57. The van der Waals surface area contributed by atoms with E-state index in [4.69, 9.17) is 11.6 Å². The fourth-order valence-corrected chi connectivity index (χ4v) is 3.82. The van der Waals surface area contributed by atoms with Crippen LogP contribution in [0, 0.1) is 0 Å². The number of halogens is 1. The SMILES string of the molecule is CCc1cccc(C(C)CC)c1N1C(=O)c2cccc(C(=O)NCCCl)c2C1=O. The van der Waals surface area contributed by atoms with E-state index in [1.54, 1.807) is 18.2 Å². The summed E-state index contributed by atoms with van der Waals surface area (Å²) in [5.74, 6) is -0.791. The van der Waals surface area contributed by atoms with Gasteiger partial charge in [0.15, 0.2) is 0 Å². The quantitative estimate of drug-likeness (QED) is 0.536. The van der Waals surface area contributed by atoms with Crippen molar-refractivity contribution in [2.75, 3.05) is 17.3 Å². The number of aryl methyl sites for hydroxylation is 1. The number of rotatable bonds is 7. The van der Waals surface area contributed by atoms with E-state index in [0.29, 0.717) is 12.1 Å². The second kappa shape index (κ2) is 8.78. The maximum atomic E-state index is 13.4. The first kappa shape index (κ1) is 21.1. The molecule has 0 radical (unpaired) electrons. The monoisotopic (exact) mass is 412 g/mol. The predicted molar refractivity (Wildman–Crippen MR) is 115 cm³/mol. The number of alkyl halides is 1. The Bertz CT molecular complexity index is 971. The highest BCUT2D eigenvalue weighted by Gasteiger charge is 2.41. The Balaban J connectivity index is 2.15. The van der Waals surface area contributed by atoms with Crippen molar-refractivity contribution in [1.29, 1.82) is 0 Å². The van der Waals surface area contributed by atoms with E-state index in [-0.39, 0.29) is 40.9 Å². The van der Waals surface area contributed by atoms with E-state index < -0.39 is 11.8 Å².